The van der Waals surface area contributed by atoms with Crippen molar-refractivity contribution in [2.45, 2.75) is 125 Å². The molecule has 7 unspecified atom stereocenters. The van der Waals surface area contributed by atoms with Gasteiger partial charge in [-0.25, -0.2) is 4.79 Å². The number of carbonyl (C=O) groups excluding carboxylic acids is 7. The van der Waals surface area contributed by atoms with Gasteiger partial charge in [0.15, 0.2) is 5.78 Å². The van der Waals surface area contributed by atoms with Gasteiger partial charge in [0.05, 0.1) is 24.0 Å². The highest BCUT2D eigenvalue weighted by Gasteiger charge is 2.42. The first kappa shape index (κ1) is 46.2. The van der Waals surface area contributed by atoms with Gasteiger partial charge in [-0.1, -0.05) is 55.3 Å². The minimum Gasteiger partial charge on any atom is -0.508 e. The Morgan fingerprint density at radius 2 is 1.53 bits per heavy atom. The van der Waals surface area contributed by atoms with Crippen molar-refractivity contribution in [3.05, 3.63) is 65.7 Å². The Labute approximate surface area is 360 Å². The average Bonchev–Trinajstić information content (AvgIpc) is 3.98. The maximum Gasteiger partial charge on any atom is 0.315 e. The van der Waals surface area contributed by atoms with E-state index in [2.05, 4.69) is 31.9 Å². The molecule has 7 N–H and O–H groups in total. The zero-order chi connectivity index (χ0) is 43.0. The summed E-state index contributed by atoms with van der Waals surface area (Å²) in [4.78, 5) is 92.5. The second kappa shape index (κ2) is 23.2. The standard InChI is InChI=1S/C43H58ClN7O8S/c1-27(35(53)25-44)46-40(56)31(23-28-11-4-2-5-12-28)47-41(57)32(24-29-17-19-30(52)20-18-29)48-42(58)34-13-10-22-51(34)38(55)16-6-3-9-21-45-37(54)15-8-7-14-36-39-33(26-60-36)49-43(59)50-39/h2,4-5,11-12,17-20,27,31-34,36,39,52H,3,6-10,13-16,21-26H2,1H3,(H,45,54)(H,46,56)(H,47,57)(H,48,58)(H2,49,50,59). The number of ketones is 1. The quantitative estimate of drug-likeness (QED) is 0.0496. The van der Waals surface area contributed by atoms with Crippen molar-refractivity contribution in [2.24, 2.45) is 0 Å². The van der Waals surface area contributed by atoms with Crippen LogP contribution in [0, 0.1) is 0 Å². The number of nitrogens with one attached hydrogen (secondary N) is 6. The molecule has 3 fully saturated rings. The third-order valence-electron chi connectivity index (χ3n) is 11.2. The lowest BCUT2D eigenvalue weighted by molar-refractivity contribution is -0.139. The summed E-state index contributed by atoms with van der Waals surface area (Å²) in [5, 5.41) is 27.4. The summed E-state index contributed by atoms with van der Waals surface area (Å²) in [6.07, 6.45) is 6.59. The third-order valence-corrected chi connectivity index (χ3v) is 13.0. The Balaban J connectivity index is 1.09. The maximum atomic E-state index is 14.0. The van der Waals surface area contributed by atoms with Crippen molar-refractivity contribution in [3.63, 3.8) is 0 Å². The fourth-order valence-corrected chi connectivity index (χ4v) is 9.61. The number of hydrogen-bond donors (Lipinski definition) is 7. The van der Waals surface area contributed by atoms with E-state index in [1.807, 2.05) is 30.0 Å². The molecule has 7 atom stereocenters. The van der Waals surface area contributed by atoms with Crippen molar-refractivity contribution in [1.82, 2.24) is 36.8 Å². The highest BCUT2D eigenvalue weighted by Crippen LogP contribution is 2.33. The summed E-state index contributed by atoms with van der Waals surface area (Å²) < 4.78 is 0. The number of phenols is 1. The largest absolute Gasteiger partial charge is 0.508 e. The number of fused-ring (bicyclic) bond motifs is 1. The van der Waals surface area contributed by atoms with Crippen LogP contribution in [0.2, 0.25) is 0 Å². The van der Waals surface area contributed by atoms with Gasteiger partial charge in [-0.2, -0.15) is 11.8 Å². The van der Waals surface area contributed by atoms with Crippen molar-refractivity contribution >= 4 is 64.7 Å². The van der Waals surface area contributed by atoms with Crippen molar-refractivity contribution < 1.29 is 38.7 Å². The number of urea groups is 1. The summed E-state index contributed by atoms with van der Waals surface area (Å²) in [5.74, 6) is -1.58. The lowest BCUT2D eigenvalue weighted by Crippen LogP contribution is -2.58. The van der Waals surface area contributed by atoms with Crippen LogP contribution in [-0.2, 0) is 41.6 Å². The number of halogens is 1. The van der Waals surface area contributed by atoms with Gasteiger partial charge in [-0.15, -0.1) is 11.6 Å². The molecule has 7 amide bonds. The van der Waals surface area contributed by atoms with E-state index < -0.39 is 41.9 Å². The normalized spacial score (nSPS) is 20.8. The van der Waals surface area contributed by atoms with Crippen LogP contribution in [0.15, 0.2) is 54.6 Å². The number of thioether (sulfide) groups is 1. The molecule has 0 radical (unpaired) electrons. The molecule has 0 saturated carbocycles. The number of phenolic OH excluding ortho intramolecular Hbond substituents is 1. The van der Waals surface area contributed by atoms with Gasteiger partial charge < -0.3 is 41.9 Å². The van der Waals surface area contributed by atoms with Crippen LogP contribution in [0.25, 0.3) is 0 Å². The predicted molar refractivity (Wildman–Crippen MR) is 229 cm³/mol. The Morgan fingerprint density at radius 1 is 0.850 bits per heavy atom. The Kier molecular flexibility index (Phi) is 17.9. The second-order valence-corrected chi connectivity index (χ2v) is 17.3. The van der Waals surface area contributed by atoms with Gasteiger partial charge in [-0.3, -0.25) is 28.8 Å². The Bertz CT molecular complexity index is 1800. The zero-order valence-electron chi connectivity index (χ0n) is 34.1. The molecule has 3 saturated heterocycles. The summed E-state index contributed by atoms with van der Waals surface area (Å²) in [6, 6.07) is 11.6. The first-order chi connectivity index (χ1) is 28.9. The van der Waals surface area contributed by atoms with E-state index in [4.69, 9.17) is 11.6 Å². The molecular formula is C43H58ClN7O8S. The molecule has 2 aromatic carbocycles. The number of amides is 7. The molecule has 3 heterocycles. The summed E-state index contributed by atoms with van der Waals surface area (Å²) >= 11 is 7.58. The number of benzene rings is 2. The van der Waals surface area contributed by atoms with Crippen LogP contribution in [0.3, 0.4) is 0 Å². The third kappa shape index (κ3) is 13.9. The van der Waals surface area contributed by atoms with Crippen molar-refractivity contribution in [1.29, 1.82) is 0 Å². The van der Waals surface area contributed by atoms with E-state index in [0.717, 1.165) is 43.4 Å². The van der Waals surface area contributed by atoms with Crippen molar-refractivity contribution in [2.75, 3.05) is 24.7 Å². The van der Waals surface area contributed by atoms with E-state index in [1.54, 1.807) is 29.2 Å². The first-order valence-corrected chi connectivity index (χ1v) is 22.6. The molecule has 0 aromatic heterocycles. The van der Waals surface area contributed by atoms with E-state index >= 15 is 0 Å². The number of nitrogens with zero attached hydrogens (tertiary/aromatic N) is 1. The highest BCUT2D eigenvalue weighted by atomic mass is 35.5. The van der Waals surface area contributed by atoms with E-state index in [0.29, 0.717) is 49.6 Å². The first-order valence-electron chi connectivity index (χ1n) is 21.0. The summed E-state index contributed by atoms with van der Waals surface area (Å²) in [6.45, 7) is 2.44. The number of carbonyl (C=O) groups is 7. The molecule has 60 heavy (non-hydrogen) atoms. The van der Waals surface area contributed by atoms with Gasteiger partial charge in [-0.05, 0) is 68.7 Å². The highest BCUT2D eigenvalue weighted by molar-refractivity contribution is 8.00. The average molecular weight is 868 g/mol. The number of hydrogen-bond acceptors (Lipinski definition) is 9. The number of Topliss-reactive ketones (excluding diaryl/α,β-unsaturated/α-hetero) is 1. The molecule has 3 aliphatic rings. The Morgan fingerprint density at radius 3 is 2.27 bits per heavy atom. The van der Waals surface area contributed by atoms with Gasteiger partial charge in [0.25, 0.3) is 0 Å². The fourth-order valence-electron chi connectivity index (χ4n) is 7.84. The van der Waals surface area contributed by atoms with Crippen LogP contribution in [0.4, 0.5) is 4.79 Å². The predicted octanol–water partition coefficient (Wildman–Crippen LogP) is 2.85. The van der Waals surface area contributed by atoms with Crippen molar-refractivity contribution in [3.8, 4) is 5.75 Å². The maximum absolute atomic E-state index is 14.0. The van der Waals surface area contributed by atoms with E-state index in [-0.39, 0.29) is 66.6 Å². The smallest absolute Gasteiger partial charge is 0.315 e. The van der Waals surface area contributed by atoms with Crippen LogP contribution in [-0.4, -0.2) is 118 Å². The van der Waals surface area contributed by atoms with Gasteiger partial charge in [0.2, 0.25) is 29.5 Å². The number of likely N-dealkylation sites (tertiary alicyclic amines) is 1. The molecule has 17 heteroatoms. The molecular weight excluding hydrogens is 810 g/mol. The lowest BCUT2D eigenvalue weighted by atomic mass is 10.0. The molecule has 15 nitrogen and oxygen atoms in total. The van der Waals surface area contributed by atoms with Gasteiger partial charge in [0, 0.05) is 49.8 Å². The van der Waals surface area contributed by atoms with E-state index in [9.17, 15) is 38.7 Å². The zero-order valence-corrected chi connectivity index (χ0v) is 35.7. The summed E-state index contributed by atoms with van der Waals surface area (Å²) in [5.41, 5.74) is 1.41. The molecule has 0 aliphatic carbocycles. The van der Waals surface area contributed by atoms with Crippen LogP contribution in [0.1, 0.15) is 82.3 Å². The van der Waals surface area contributed by atoms with Gasteiger partial charge in [0.1, 0.15) is 23.9 Å². The number of rotatable bonds is 23. The van der Waals surface area contributed by atoms with Gasteiger partial charge >= 0.3 is 6.03 Å². The fraction of sp³-hybridized carbons (Fsp3) is 0.558. The molecule has 326 valence electrons. The minimum absolute atomic E-state index is 0.00511. The lowest BCUT2D eigenvalue weighted by Gasteiger charge is -2.28. The topological polar surface area (TPSA) is 215 Å². The minimum atomic E-state index is -1.14. The van der Waals surface area contributed by atoms with Crippen LogP contribution in [0.5, 0.6) is 5.75 Å². The summed E-state index contributed by atoms with van der Waals surface area (Å²) in [7, 11) is 0. The molecule has 3 aliphatic heterocycles. The molecule has 2 aromatic rings. The molecule has 0 bridgehead atoms. The SMILES string of the molecule is CC(NC(=O)C(Cc1ccccc1)NC(=O)C(Cc1ccc(O)cc1)NC(=O)C1CCCN1C(=O)CCCCCNC(=O)CCCCC1SCC2NC(=O)NC21)C(=O)CCl. The van der Waals surface area contributed by atoms with Crippen LogP contribution >= 0.6 is 23.4 Å². The number of aromatic hydroxyl groups is 1. The monoisotopic (exact) mass is 867 g/mol. The molecule has 5 rings (SSSR count). The molecule has 0 spiro atoms. The number of alkyl halides is 1. The number of unbranched alkanes of at least 4 members (excludes halogenated alkanes) is 3. The second-order valence-electron chi connectivity index (χ2n) is 15.8. The Hall–Kier alpha value is -4.83. The van der Waals surface area contributed by atoms with Crippen LogP contribution < -0.4 is 31.9 Å². The van der Waals surface area contributed by atoms with E-state index in [1.165, 1.54) is 19.1 Å².